The standard InChI is InChI=1S/C20H16Cl2FNO3/c1-27-17-9-11(25)8-14(12-3-2-4-15(22)18(12)23)20(17)13-6-5-10(21)7-16(13)24-19(20)26/h2-7,14,17H,8-9H2,1H3,(H,24,26)/t14-,17-,20-/m0/s1. The van der Waals surface area contributed by atoms with E-state index in [0.29, 0.717) is 16.3 Å². The number of ether oxygens (including phenoxy) is 1. The number of ketones is 1. The molecule has 1 fully saturated rings. The summed E-state index contributed by atoms with van der Waals surface area (Å²) in [7, 11) is 1.46. The second kappa shape index (κ2) is 6.59. The van der Waals surface area contributed by atoms with Crippen molar-refractivity contribution in [1.82, 2.24) is 0 Å². The molecule has 7 heteroatoms. The molecule has 3 atom stereocenters. The molecule has 2 aromatic carbocycles. The minimum absolute atomic E-state index is 0.0204. The summed E-state index contributed by atoms with van der Waals surface area (Å²) < 4.78 is 20.5. The number of hydrogen-bond acceptors (Lipinski definition) is 3. The molecule has 1 saturated carbocycles. The molecule has 1 aliphatic carbocycles. The monoisotopic (exact) mass is 407 g/mol. The van der Waals surface area contributed by atoms with Gasteiger partial charge in [0.15, 0.2) is 0 Å². The van der Waals surface area contributed by atoms with E-state index in [1.54, 1.807) is 30.3 Å². The van der Waals surface area contributed by atoms with E-state index in [9.17, 15) is 14.0 Å². The third-order valence-electron chi connectivity index (χ3n) is 5.59. The van der Waals surface area contributed by atoms with Gasteiger partial charge in [-0.1, -0.05) is 41.4 Å². The lowest BCUT2D eigenvalue weighted by Gasteiger charge is -2.44. The first-order valence-electron chi connectivity index (χ1n) is 8.49. The average molecular weight is 408 g/mol. The molecule has 1 N–H and O–H groups in total. The number of halogens is 3. The zero-order valence-corrected chi connectivity index (χ0v) is 15.9. The quantitative estimate of drug-likeness (QED) is 0.797. The molecule has 0 bridgehead atoms. The molecule has 0 saturated heterocycles. The van der Waals surface area contributed by atoms with Gasteiger partial charge in [-0.3, -0.25) is 9.59 Å². The maximum Gasteiger partial charge on any atom is 0.238 e. The van der Waals surface area contributed by atoms with Gasteiger partial charge >= 0.3 is 0 Å². The first-order chi connectivity index (χ1) is 12.9. The molecule has 140 valence electrons. The summed E-state index contributed by atoms with van der Waals surface area (Å²) in [6.07, 6.45) is -0.637. The molecule has 4 nitrogen and oxygen atoms in total. The number of fused-ring (bicyclic) bond motifs is 2. The molecule has 1 aliphatic heterocycles. The van der Waals surface area contributed by atoms with E-state index in [-0.39, 0.29) is 35.1 Å². The van der Waals surface area contributed by atoms with Crippen LogP contribution in [0, 0.1) is 5.82 Å². The molecule has 4 rings (SSSR count). The molecule has 1 amide bonds. The summed E-state index contributed by atoms with van der Waals surface area (Å²) in [5, 5.41) is 3.26. The van der Waals surface area contributed by atoms with Crippen LogP contribution in [0.3, 0.4) is 0 Å². The van der Waals surface area contributed by atoms with Gasteiger partial charge in [-0.2, -0.15) is 0 Å². The fourth-order valence-electron chi connectivity index (χ4n) is 4.47. The van der Waals surface area contributed by atoms with Crippen LogP contribution in [-0.4, -0.2) is 24.9 Å². The Bertz CT molecular complexity index is 964. The van der Waals surface area contributed by atoms with E-state index in [1.165, 1.54) is 13.2 Å². The van der Waals surface area contributed by atoms with Crippen molar-refractivity contribution in [2.24, 2.45) is 0 Å². The van der Waals surface area contributed by atoms with E-state index in [2.05, 4.69) is 5.32 Å². The minimum atomic E-state index is -1.24. The van der Waals surface area contributed by atoms with Crippen LogP contribution in [0.4, 0.5) is 10.1 Å². The Morgan fingerprint density at radius 3 is 2.70 bits per heavy atom. The molecule has 2 aliphatic rings. The zero-order valence-electron chi connectivity index (χ0n) is 14.4. The van der Waals surface area contributed by atoms with Crippen molar-refractivity contribution in [1.29, 1.82) is 0 Å². The smallest absolute Gasteiger partial charge is 0.238 e. The normalized spacial score (nSPS) is 27.0. The maximum absolute atomic E-state index is 14.9. The lowest BCUT2D eigenvalue weighted by atomic mass is 9.59. The molecule has 27 heavy (non-hydrogen) atoms. The largest absolute Gasteiger partial charge is 0.379 e. The molecule has 0 unspecified atom stereocenters. The summed E-state index contributed by atoms with van der Waals surface area (Å²) in [4.78, 5) is 25.7. The predicted octanol–water partition coefficient (Wildman–Crippen LogP) is 4.48. The van der Waals surface area contributed by atoms with Crippen LogP contribution >= 0.6 is 23.2 Å². The number of benzene rings is 2. The van der Waals surface area contributed by atoms with E-state index < -0.39 is 23.3 Å². The first-order valence-corrected chi connectivity index (χ1v) is 9.25. The van der Waals surface area contributed by atoms with Gasteiger partial charge < -0.3 is 10.1 Å². The number of amides is 1. The van der Waals surface area contributed by atoms with Gasteiger partial charge in [-0.15, -0.1) is 0 Å². The second-order valence-electron chi connectivity index (χ2n) is 6.88. The van der Waals surface area contributed by atoms with E-state index in [0.717, 1.165) is 0 Å². The van der Waals surface area contributed by atoms with Gasteiger partial charge in [0, 0.05) is 36.6 Å². The summed E-state index contributed by atoms with van der Waals surface area (Å²) in [6.45, 7) is 0. The van der Waals surface area contributed by atoms with Crippen molar-refractivity contribution >= 4 is 40.6 Å². The minimum Gasteiger partial charge on any atom is -0.379 e. The van der Waals surface area contributed by atoms with Crippen LogP contribution < -0.4 is 5.32 Å². The highest BCUT2D eigenvalue weighted by Crippen LogP contribution is 2.55. The summed E-state index contributed by atoms with van der Waals surface area (Å²) >= 11 is 12.1. The first kappa shape index (κ1) is 18.4. The highest BCUT2D eigenvalue weighted by Gasteiger charge is 2.61. The SMILES string of the molecule is CO[C@H]1CC(=O)C[C@@H](c2cccc(Cl)c2F)[C@]12C(=O)Nc1cc(Cl)ccc12. The van der Waals surface area contributed by atoms with Gasteiger partial charge in [-0.05, 0) is 29.3 Å². The number of Topliss-reactive ketones (excluding diaryl/α,β-unsaturated/α-hetero) is 1. The van der Waals surface area contributed by atoms with Crippen molar-refractivity contribution < 1.29 is 18.7 Å². The Morgan fingerprint density at radius 1 is 1.19 bits per heavy atom. The third kappa shape index (κ3) is 2.60. The van der Waals surface area contributed by atoms with Crippen LogP contribution in [0.1, 0.15) is 29.9 Å². The Hall–Kier alpha value is -1.95. The Balaban J connectivity index is 2.01. The van der Waals surface area contributed by atoms with Crippen molar-refractivity contribution in [3.05, 3.63) is 63.4 Å². The lowest BCUT2D eigenvalue weighted by molar-refractivity contribution is -0.137. The number of hydrogen-bond donors (Lipinski definition) is 1. The molecule has 1 heterocycles. The second-order valence-corrected chi connectivity index (χ2v) is 7.72. The van der Waals surface area contributed by atoms with Gasteiger partial charge in [0.2, 0.25) is 5.91 Å². The predicted molar refractivity (Wildman–Crippen MR) is 101 cm³/mol. The highest BCUT2D eigenvalue weighted by molar-refractivity contribution is 6.31. The molecule has 2 aromatic rings. The zero-order chi connectivity index (χ0) is 19.3. The van der Waals surface area contributed by atoms with Gasteiger partial charge in [0.05, 0.1) is 11.1 Å². The lowest BCUT2D eigenvalue weighted by Crippen LogP contribution is -2.55. The summed E-state index contributed by atoms with van der Waals surface area (Å²) in [5.41, 5.74) is 0.196. The van der Waals surface area contributed by atoms with Gasteiger partial charge in [0.1, 0.15) is 17.0 Å². The van der Waals surface area contributed by atoms with Crippen molar-refractivity contribution in [2.75, 3.05) is 12.4 Å². The van der Waals surface area contributed by atoms with Crippen molar-refractivity contribution in [3.63, 3.8) is 0 Å². The number of carbonyl (C=O) groups excluding carboxylic acids is 2. The Labute approximate surface area is 165 Å². The number of nitrogens with one attached hydrogen (secondary N) is 1. The van der Waals surface area contributed by atoms with Crippen LogP contribution in [0.15, 0.2) is 36.4 Å². The van der Waals surface area contributed by atoms with E-state index >= 15 is 0 Å². The number of rotatable bonds is 2. The molecular formula is C20H16Cl2FNO3. The van der Waals surface area contributed by atoms with Crippen LogP contribution in [0.2, 0.25) is 10.0 Å². The fraction of sp³-hybridized carbons (Fsp3) is 0.300. The molecular weight excluding hydrogens is 392 g/mol. The van der Waals surface area contributed by atoms with Gasteiger partial charge in [-0.25, -0.2) is 4.39 Å². The van der Waals surface area contributed by atoms with Crippen molar-refractivity contribution in [3.8, 4) is 0 Å². The number of carbonyl (C=O) groups is 2. The van der Waals surface area contributed by atoms with E-state index in [1.807, 2.05) is 0 Å². The highest BCUT2D eigenvalue weighted by atomic mass is 35.5. The van der Waals surface area contributed by atoms with E-state index in [4.69, 9.17) is 27.9 Å². The summed E-state index contributed by atoms with van der Waals surface area (Å²) in [6, 6.07) is 9.70. The van der Waals surface area contributed by atoms with Crippen LogP contribution in [0.5, 0.6) is 0 Å². The Morgan fingerprint density at radius 2 is 1.96 bits per heavy atom. The van der Waals surface area contributed by atoms with Crippen LogP contribution in [0.25, 0.3) is 0 Å². The van der Waals surface area contributed by atoms with Crippen LogP contribution in [-0.2, 0) is 19.7 Å². The average Bonchev–Trinajstić information content (AvgIpc) is 2.91. The molecule has 0 aromatic heterocycles. The molecule has 1 spiro atoms. The van der Waals surface area contributed by atoms with Gasteiger partial charge in [0.25, 0.3) is 0 Å². The number of anilines is 1. The van der Waals surface area contributed by atoms with Crippen molar-refractivity contribution in [2.45, 2.75) is 30.3 Å². The maximum atomic E-state index is 14.9. The molecule has 0 radical (unpaired) electrons. The fourth-order valence-corrected chi connectivity index (χ4v) is 4.83. The Kier molecular flexibility index (Phi) is 4.49. The topological polar surface area (TPSA) is 55.4 Å². The summed E-state index contributed by atoms with van der Waals surface area (Å²) in [5.74, 6) is -1.79. The number of methoxy groups -OCH3 is 1. The third-order valence-corrected chi connectivity index (χ3v) is 6.12.